The number of allylic oxidation sites excluding steroid dienone is 4. The van der Waals surface area contributed by atoms with Crippen molar-refractivity contribution >= 4 is 17.5 Å². The summed E-state index contributed by atoms with van der Waals surface area (Å²) in [5.41, 5.74) is 3.45. The van der Waals surface area contributed by atoms with E-state index in [0.29, 0.717) is 31.0 Å². The molecule has 0 bridgehead atoms. The van der Waals surface area contributed by atoms with Crippen molar-refractivity contribution in [2.75, 3.05) is 11.9 Å². The number of nitrogens with one attached hydrogen (secondary N) is 2. The summed E-state index contributed by atoms with van der Waals surface area (Å²) < 4.78 is 15.1. The van der Waals surface area contributed by atoms with Gasteiger partial charge in [-0.2, -0.15) is 0 Å². The first kappa shape index (κ1) is 29.8. The van der Waals surface area contributed by atoms with E-state index >= 15 is 4.39 Å². The Morgan fingerprint density at radius 3 is 2.50 bits per heavy atom. The quantitative estimate of drug-likeness (QED) is 0.369. The van der Waals surface area contributed by atoms with E-state index in [0.717, 1.165) is 48.2 Å². The van der Waals surface area contributed by atoms with Gasteiger partial charge >= 0.3 is 0 Å². The van der Waals surface area contributed by atoms with E-state index in [4.69, 9.17) is 0 Å². The van der Waals surface area contributed by atoms with Crippen molar-refractivity contribution < 1.29 is 14.0 Å². The fourth-order valence-electron chi connectivity index (χ4n) is 6.82. The molecule has 2 amide bonds. The normalized spacial score (nSPS) is 25.5. The van der Waals surface area contributed by atoms with Crippen LogP contribution < -0.4 is 10.6 Å². The third kappa shape index (κ3) is 6.53. The van der Waals surface area contributed by atoms with E-state index in [9.17, 15) is 9.59 Å². The fraction of sp³-hybridized carbons (Fsp3) is 0.444. The summed E-state index contributed by atoms with van der Waals surface area (Å²) in [6.07, 6.45) is 16.0. The summed E-state index contributed by atoms with van der Waals surface area (Å²) in [5.74, 6) is -1.04. The van der Waals surface area contributed by atoms with Crippen LogP contribution in [-0.4, -0.2) is 29.3 Å². The number of carbonyl (C=O) groups excluding carboxylic acids is 2. The van der Waals surface area contributed by atoms with Gasteiger partial charge in [-0.1, -0.05) is 61.4 Å². The Balaban J connectivity index is 1.50. The summed E-state index contributed by atoms with van der Waals surface area (Å²) in [6, 6.07) is 12.8. The smallest absolute Gasteiger partial charge is 0.257 e. The zero-order valence-electron chi connectivity index (χ0n) is 25.1. The van der Waals surface area contributed by atoms with E-state index in [-0.39, 0.29) is 17.4 Å². The predicted molar refractivity (Wildman–Crippen MR) is 168 cm³/mol. The van der Waals surface area contributed by atoms with Crippen LogP contribution in [0.3, 0.4) is 0 Å². The average molecular weight is 570 g/mol. The minimum absolute atomic E-state index is 0.0760. The van der Waals surface area contributed by atoms with Gasteiger partial charge < -0.3 is 15.5 Å². The Hall–Kier alpha value is -3.67. The maximum absolute atomic E-state index is 15.1. The number of hydrogen-bond donors (Lipinski definition) is 2. The monoisotopic (exact) mass is 569 g/mol. The molecule has 0 radical (unpaired) electrons. The molecule has 1 heterocycles. The molecule has 2 aromatic rings. The predicted octanol–water partition coefficient (Wildman–Crippen LogP) is 8.16. The van der Waals surface area contributed by atoms with E-state index in [2.05, 4.69) is 23.3 Å². The number of carbonyl (C=O) groups is 2. The number of halogens is 1. The first-order valence-corrected chi connectivity index (χ1v) is 15.6. The van der Waals surface area contributed by atoms with Crippen molar-refractivity contribution in [2.24, 2.45) is 5.41 Å². The highest BCUT2D eigenvalue weighted by Gasteiger charge is 2.49. The highest BCUT2D eigenvalue weighted by molar-refractivity contribution is 5.97. The third-order valence-corrected chi connectivity index (χ3v) is 9.25. The molecule has 2 fully saturated rings. The number of hydrogen-bond acceptors (Lipinski definition) is 3. The van der Waals surface area contributed by atoms with Crippen molar-refractivity contribution in [1.29, 1.82) is 0 Å². The molecule has 6 heteroatoms. The molecule has 2 aliphatic carbocycles. The lowest BCUT2D eigenvalue weighted by Gasteiger charge is -2.47. The maximum atomic E-state index is 15.1. The Morgan fingerprint density at radius 1 is 1.00 bits per heavy atom. The van der Waals surface area contributed by atoms with Crippen molar-refractivity contribution in [2.45, 2.75) is 90.1 Å². The lowest BCUT2D eigenvalue weighted by molar-refractivity contribution is -0.135. The molecular weight excluding hydrogens is 525 g/mol. The maximum Gasteiger partial charge on any atom is 0.257 e. The zero-order chi connectivity index (χ0) is 29.7. The molecule has 222 valence electrons. The summed E-state index contributed by atoms with van der Waals surface area (Å²) in [7, 11) is 0. The molecule has 2 N–H and O–H groups in total. The molecule has 2 unspecified atom stereocenters. The molecule has 5 rings (SSSR count). The van der Waals surface area contributed by atoms with Gasteiger partial charge in [0.15, 0.2) is 0 Å². The van der Waals surface area contributed by atoms with Crippen molar-refractivity contribution in [3.05, 3.63) is 101 Å². The first-order chi connectivity index (χ1) is 20.3. The molecule has 1 saturated heterocycles. The minimum atomic E-state index is -0.933. The van der Waals surface area contributed by atoms with Crippen molar-refractivity contribution in [3.63, 3.8) is 0 Å². The van der Waals surface area contributed by atoms with Gasteiger partial charge in [0.2, 0.25) is 5.91 Å². The zero-order valence-corrected chi connectivity index (χ0v) is 25.1. The SMILES string of the molecule is C=C1/C=C\C(NC(=O)C2(C)CCCN(C(=O)c3c(C)cccc3F)C2c2ccc(NC3CCCC3)cc2)=C/CCCC1. The summed E-state index contributed by atoms with van der Waals surface area (Å²) in [4.78, 5) is 30.1. The van der Waals surface area contributed by atoms with Gasteiger partial charge in [0.25, 0.3) is 5.91 Å². The lowest BCUT2D eigenvalue weighted by Crippen LogP contribution is -2.54. The van der Waals surface area contributed by atoms with E-state index in [1.54, 1.807) is 24.0 Å². The van der Waals surface area contributed by atoms with Crippen LogP contribution in [0.1, 0.15) is 98.7 Å². The molecule has 0 aromatic heterocycles. The van der Waals surface area contributed by atoms with Crippen LogP contribution in [0.2, 0.25) is 0 Å². The number of likely N-dealkylation sites (tertiary alicyclic amines) is 1. The minimum Gasteiger partial charge on any atom is -0.382 e. The van der Waals surface area contributed by atoms with Gasteiger partial charge in [0.05, 0.1) is 17.0 Å². The summed E-state index contributed by atoms with van der Waals surface area (Å²) in [6.45, 7) is 8.29. The molecule has 5 nitrogen and oxygen atoms in total. The van der Waals surface area contributed by atoms with Crippen LogP contribution in [0.5, 0.6) is 0 Å². The molecule has 42 heavy (non-hydrogen) atoms. The number of anilines is 1. The van der Waals surface area contributed by atoms with Gasteiger partial charge in [0, 0.05) is 24.0 Å². The standard InChI is InChI=1S/C36H44FN3O2/c1-25-11-5-4-6-13-29(20-17-25)39-35(42)36(3)23-10-24-40(34(41)32-26(2)12-9-16-31(32)37)33(36)27-18-21-30(22-19-27)38-28-14-7-8-15-28/h9,12-13,16-22,28,33,38H,1,4-8,10-11,14-15,23-24H2,2-3H3,(H,39,42)/b20-17-,29-13+. The molecular formula is C36H44FN3O2. The molecule has 2 atom stereocenters. The Kier molecular flexibility index (Phi) is 9.30. The number of piperidine rings is 1. The van der Waals surface area contributed by atoms with Gasteiger partial charge in [-0.15, -0.1) is 0 Å². The average Bonchev–Trinajstić information content (AvgIpc) is 3.51. The van der Waals surface area contributed by atoms with E-state index < -0.39 is 17.3 Å². The van der Waals surface area contributed by atoms with Crippen molar-refractivity contribution in [1.82, 2.24) is 10.2 Å². The fourth-order valence-corrected chi connectivity index (χ4v) is 6.82. The Bertz CT molecular complexity index is 1350. The molecule has 2 aromatic carbocycles. The molecule has 0 spiro atoms. The first-order valence-electron chi connectivity index (χ1n) is 15.6. The highest BCUT2D eigenvalue weighted by atomic mass is 19.1. The molecule has 1 saturated carbocycles. The summed E-state index contributed by atoms with van der Waals surface area (Å²) >= 11 is 0. The van der Waals surface area contributed by atoms with Crippen LogP contribution in [0.25, 0.3) is 0 Å². The van der Waals surface area contributed by atoms with E-state index in [1.165, 1.54) is 31.7 Å². The van der Waals surface area contributed by atoms with Gasteiger partial charge in [-0.05, 0) is 101 Å². The number of aryl methyl sites for hydroxylation is 1. The van der Waals surface area contributed by atoms with Crippen LogP contribution in [-0.2, 0) is 4.79 Å². The van der Waals surface area contributed by atoms with Crippen LogP contribution in [0.15, 0.2) is 78.5 Å². The lowest BCUT2D eigenvalue weighted by atomic mass is 9.70. The van der Waals surface area contributed by atoms with Crippen LogP contribution in [0, 0.1) is 18.2 Å². The Labute approximate surface area is 250 Å². The van der Waals surface area contributed by atoms with Gasteiger partial charge in [0.1, 0.15) is 5.82 Å². The number of amides is 2. The molecule has 3 aliphatic rings. The van der Waals surface area contributed by atoms with Gasteiger partial charge in [-0.25, -0.2) is 4.39 Å². The van der Waals surface area contributed by atoms with E-state index in [1.807, 2.05) is 43.3 Å². The van der Waals surface area contributed by atoms with Crippen LogP contribution in [0.4, 0.5) is 10.1 Å². The second-order valence-electron chi connectivity index (χ2n) is 12.5. The number of rotatable bonds is 6. The molecule has 1 aliphatic heterocycles. The van der Waals surface area contributed by atoms with Crippen molar-refractivity contribution in [3.8, 4) is 0 Å². The highest BCUT2D eigenvalue weighted by Crippen LogP contribution is 2.47. The topological polar surface area (TPSA) is 61.4 Å². The Morgan fingerprint density at radius 2 is 1.76 bits per heavy atom. The number of nitrogens with zero attached hydrogens (tertiary/aromatic N) is 1. The van der Waals surface area contributed by atoms with Gasteiger partial charge in [-0.3, -0.25) is 9.59 Å². The van der Waals surface area contributed by atoms with Crippen LogP contribution >= 0.6 is 0 Å². The largest absolute Gasteiger partial charge is 0.382 e. The second-order valence-corrected chi connectivity index (χ2v) is 12.5. The second kappa shape index (κ2) is 13.1. The third-order valence-electron chi connectivity index (χ3n) is 9.25. The summed E-state index contributed by atoms with van der Waals surface area (Å²) in [5, 5.41) is 6.83. The number of benzene rings is 2.